The summed E-state index contributed by atoms with van der Waals surface area (Å²) in [4.78, 5) is 7.25. The monoisotopic (exact) mass is 340 g/mol. The van der Waals surface area contributed by atoms with Gasteiger partial charge in [-0.3, -0.25) is 4.99 Å². The molecule has 1 saturated carbocycles. The molecule has 0 bridgehead atoms. The first kappa shape index (κ1) is 21.2. The molecule has 1 aliphatic rings. The molecule has 142 valence electrons. The van der Waals surface area contributed by atoms with Gasteiger partial charge in [0, 0.05) is 39.4 Å². The van der Waals surface area contributed by atoms with E-state index in [2.05, 4.69) is 43.4 Å². The summed E-state index contributed by atoms with van der Waals surface area (Å²) in [6, 6.07) is 0.627. The van der Waals surface area contributed by atoms with E-state index in [-0.39, 0.29) is 0 Å². The molecule has 1 aliphatic carbocycles. The van der Waals surface area contributed by atoms with E-state index < -0.39 is 0 Å². The highest BCUT2D eigenvalue weighted by Crippen LogP contribution is 2.44. The zero-order valence-electron chi connectivity index (χ0n) is 16.7. The number of guanidine groups is 1. The number of rotatable bonds is 12. The summed E-state index contributed by atoms with van der Waals surface area (Å²) in [6.45, 7) is 11.4. The fourth-order valence-electron chi connectivity index (χ4n) is 3.02. The third-order valence-corrected chi connectivity index (χ3v) is 5.28. The second-order valence-corrected chi connectivity index (χ2v) is 7.50. The number of nitrogens with one attached hydrogen (secondary N) is 2. The molecular weight excluding hydrogens is 300 g/mol. The Morgan fingerprint density at radius 3 is 2.54 bits per heavy atom. The van der Waals surface area contributed by atoms with Crippen LogP contribution in [0.3, 0.4) is 0 Å². The number of hydrogen-bond donors (Lipinski definition) is 2. The molecule has 5 heteroatoms. The molecule has 0 heterocycles. The Morgan fingerprint density at radius 1 is 1.25 bits per heavy atom. The van der Waals surface area contributed by atoms with Crippen LogP contribution in [-0.4, -0.2) is 63.8 Å². The van der Waals surface area contributed by atoms with E-state index >= 15 is 0 Å². The quantitative estimate of drug-likeness (QED) is 0.326. The average Bonchev–Trinajstić information content (AvgIpc) is 2.52. The third kappa shape index (κ3) is 7.84. The highest BCUT2D eigenvalue weighted by atomic mass is 16.5. The van der Waals surface area contributed by atoms with Gasteiger partial charge in [-0.1, -0.05) is 6.42 Å². The maximum atomic E-state index is 5.27. The van der Waals surface area contributed by atoms with Crippen LogP contribution in [0.25, 0.3) is 0 Å². The van der Waals surface area contributed by atoms with E-state index in [0.717, 1.165) is 45.2 Å². The summed E-state index contributed by atoms with van der Waals surface area (Å²) in [5, 5.41) is 6.86. The molecule has 0 aromatic rings. The molecule has 0 aromatic carbocycles. The second kappa shape index (κ2) is 11.7. The molecule has 0 spiro atoms. The smallest absolute Gasteiger partial charge is 0.191 e. The van der Waals surface area contributed by atoms with Crippen LogP contribution in [0.5, 0.6) is 0 Å². The lowest BCUT2D eigenvalue weighted by Gasteiger charge is -2.40. The molecule has 2 N–H and O–H groups in total. The van der Waals surface area contributed by atoms with Gasteiger partial charge in [-0.25, -0.2) is 0 Å². The lowest BCUT2D eigenvalue weighted by atomic mass is 9.67. The summed E-state index contributed by atoms with van der Waals surface area (Å²) >= 11 is 0. The van der Waals surface area contributed by atoms with Gasteiger partial charge in [0.05, 0.1) is 0 Å². The van der Waals surface area contributed by atoms with Gasteiger partial charge in [-0.2, -0.15) is 0 Å². The normalized spacial score (nSPS) is 17.2. The van der Waals surface area contributed by atoms with Crippen LogP contribution < -0.4 is 10.6 Å². The van der Waals surface area contributed by atoms with Crippen molar-refractivity contribution < 1.29 is 4.74 Å². The van der Waals surface area contributed by atoms with Gasteiger partial charge in [0.25, 0.3) is 0 Å². The first-order valence-corrected chi connectivity index (χ1v) is 9.74. The number of unbranched alkanes of at least 4 members (excludes halogenated alkanes) is 1. The minimum atomic E-state index is 0.387. The van der Waals surface area contributed by atoms with Crippen molar-refractivity contribution in [2.75, 3.05) is 46.9 Å². The zero-order valence-corrected chi connectivity index (χ0v) is 16.7. The van der Waals surface area contributed by atoms with E-state index in [1.807, 2.05) is 0 Å². The van der Waals surface area contributed by atoms with Gasteiger partial charge in [0.1, 0.15) is 0 Å². The van der Waals surface area contributed by atoms with Crippen LogP contribution in [0.4, 0.5) is 0 Å². The Balaban J connectivity index is 2.32. The van der Waals surface area contributed by atoms with Crippen LogP contribution in [0, 0.1) is 5.41 Å². The van der Waals surface area contributed by atoms with Crippen LogP contribution in [-0.2, 0) is 4.74 Å². The maximum absolute atomic E-state index is 5.27. The largest absolute Gasteiger partial charge is 0.385 e. The minimum Gasteiger partial charge on any atom is -0.385 e. The molecule has 0 unspecified atom stereocenters. The number of ether oxygens (including phenoxy) is 1. The summed E-state index contributed by atoms with van der Waals surface area (Å²) < 4.78 is 5.27. The van der Waals surface area contributed by atoms with Crippen LogP contribution >= 0.6 is 0 Å². The number of aliphatic imine (C=N–C) groups is 1. The first-order chi connectivity index (χ1) is 11.5. The molecule has 0 radical (unpaired) electrons. The van der Waals surface area contributed by atoms with Crippen LogP contribution in [0.2, 0.25) is 0 Å². The van der Waals surface area contributed by atoms with Crippen molar-refractivity contribution in [3.05, 3.63) is 0 Å². The number of nitrogens with zero attached hydrogens (tertiary/aromatic N) is 2. The maximum Gasteiger partial charge on any atom is 0.191 e. The predicted octanol–water partition coefficient (Wildman–Crippen LogP) is 2.87. The van der Waals surface area contributed by atoms with E-state index in [4.69, 9.17) is 9.73 Å². The highest BCUT2D eigenvalue weighted by Gasteiger charge is 2.36. The Bertz CT molecular complexity index is 353. The Labute approximate surface area is 149 Å². The Hall–Kier alpha value is -0.810. The minimum absolute atomic E-state index is 0.387. The highest BCUT2D eigenvalue weighted by molar-refractivity contribution is 5.79. The summed E-state index contributed by atoms with van der Waals surface area (Å²) in [7, 11) is 3.99. The summed E-state index contributed by atoms with van der Waals surface area (Å²) in [5.74, 6) is 0.971. The third-order valence-electron chi connectivity index (χ3n) is 5.28. The molecule has 1 fully saturated rings. The van der Waals surface area contributed by atoms with E-state index in [1.165, 1.54) is 32.1 Å². The Morgan fingerprint density at radius 2 is 2.00 bits per heavy atom. The Kier molecular flexibility index (Phi) is 10.3. The lowest BCUT2D eigenvalue weighted by Crippen LogP contribution is -2.40. The molecule has 0 atom stereocenters. The molecule has 0 amide bonds. The molecular formula is C19H40N4O. The summed E-state index contributed by atoms with van der Waals surface area (Å²) in [5.41, 5.74) is 0.387. The van der Waals surface area contributed by atoms with E-state index in [0.29, 0.717) is 11.5 Å². The second-order valence-electron chi connectivity index (χ2n) is 7.50. The topological polar surface area (TPSA) is 48.9 Å². The van der Waals surface area contributed by atoms with Crippen molar-refractivity contribution in [3.63, 3.8) is 0 Å². The summed E-state index contributed by atoms with van der Waals surface area (Å²) in [6.07, 6.45) is 7.46. The van der Waals surface area contributed by atoms with Crippen molar-refractivity contribution in [2.24, 2.45) is 10.4 Å². The van der Waals surface area contributed by atoms with Crippen molar-refractivity contribution in [1.82, 2.24) is 15.5 Å². The van der Waals surface area contributed by atoms with Crippen LogP contribution in [0.1, 0.15) is 59.3 Å². The van der Waals surface area contributed by atoms with E-state index in [9.17, 15) is 0 Å². The predicted molar refractivity (Wildman–Crippen MR) is 104 cm³/mol. The lowest BCUT2D eigenvalue weighted by molar-refractivity contribution is 0.0778. The van der Waals surface area contributed by atoms with E-state index in [1.54, 1.807) is 7.11 Å². The number of hydrogen-bond acceptors (Lipinski definition) is 3. The van der Waals surface area contributed by atoms with Gasteiger partial charge in [0.2, 0.25) is 0 Å². The van der Waals surface area contributed by atoms with Crippen LogP contribution in [0.15, 0.2) is 4.99 Å². The fourth-order valence-corrected chi connectivity index (χ4v) is 3.02. The van der Waals surface area contributed by atoms with Crippen molar-refractivity contribution >= 4 is 5.96 Å². The average molecular weight is 341 g/mol. The zero-order chi connectivity index (χ0) is 17.8. The number of methoxy groups -OCH3 is 1. The molecule has 5 nitrogen and oxygen atoms in total. The van der Waals surface area contributed by atoms with Gasteiger partial charge in [-0.05, 0) is 71.9 Å². The van der Waals surface area contributed by atoms with Gasteiger partial charge in [-0.15, -0.1) is 0 Å². The fraction of sp³-hybridized carbons (Fsp3) is 0.947. The molecule has 0 saturated heterocycles. The SMILES string of the molecule is CCNC(=NCC1(CCOC)CCC1)NCCCCN(C)C(C)C. The van der Waals surface area contributed by atoms with Gasteiger partial charge < -0.3 is 20.3 Å². The first-order valence-electron chi connectivity index (χ1n) is 9.74. The molecule has 0 aliphatic heterocycles. The van der Waals surface area contributed by atoms with Gasteiger partial charge >= 0.3 is 0 Å². The molecule has 0 aromatic heterocycles. The molecule has 1 rings (SSSR count). The van der Waals surface area contributed by atoms with Gasteiger partial charge in [0.15, 0.2) is 5.96 Å². The van der Waals surface area contributed by atoms with Crippen molar-refractivity contribution in [1.29, 1.82) is 0 Å². The standard InChI is InChI=1S/C19H40N4O/c1-6-20-18(21-13-7-8-14-23(4)17(2)3)22-16-19(10-9-11-19)12-15-24-5/h17H,6-16H2,1-5H3,(H2,20,21,22). The van der Waals surface area contributed by atoms with Crippen molar-refractivity contribution in [3.8, 4) is 0 Å². The van der Waals surface area contributed by atoms with Crippen molar-refractivity contribution in [2.45, 2.75) is 65.3 Å². The molecule has 24 heavy (non-hydrogen) atoms.